The summed E-state index contributed by atoms with van der Waals surface area (Å²) in [5.74, 6) is 0.430. The molecule has 0 aliphatic heterocycles. The maximum Gasteiger partial charge on any atom is 0.261 e. The lowest BCUT2D eigenvalue weighted by atomic mass is 10.2. The molecule has 0 aliphatic carbocycles. The third-order valence-corrected chi connectivity index (χ3v) is 3.82. The fraction of sp³-hybridized carbons (Fsp3) is 0.588. The summed E-state index contributed by atoms with van der Waals surface area (Å²) >= 11 is 0. The average molecular weight is 318 g/mol. The normalized spacial score (nSPS) is 11.5. The number of amides is 1. The summed E-state index contributed by atoms with van der Waals surface area (Å²) in [4.78, 5) is 18.8. The van der Waals surface area contributed by atoms with Gasteiger partial charge in [-0.25, -0.2) is 9.67 Å². The van der Waals surface area contributed by atoms with Crippen molar-refractivity contribution in [1.82, 2.24) is 19.7 Å². The van der Waals surface area contributed by atoms with Crippen LogP contribution in [0.15, 0.2) is 6.07 Å². The minimum Gasteiger partial charge on any atom is -0.466 e. The van der Waals surface area contributed by atoms with Crippen LogP contribution in [0.25, 0.3) is 11.0 Å². The van der Waals surface area contributed by atoms with Gasteiger partial charge in [-0.3, -0.25) is 4.79 Å². The van der Waals surface area contributed by atoms with Gasteiger partial charge in [-0.1, -0.05) is 0 Å². The summed E-state index contributed by atoms with van der Waals surface area (Å²) in [7, 11) is 1.83. The van der Waals surface area contributed by atoms with Gasteiger partial charge in [0.1, 0.15) is 0 Å². The van der Waals surface area contributed by atoms with E-state index in [1.807, 2.05) is 59.6 Å². The molecule has 0 aromatic carbocycles. The second kappa shape index (κ2) is 6.56. The molecular weight excluding hydrogens is 292 g/mol. The van der Waals surface area contributed by atoms with E-state index in [0.29, 0.717) is 5.88 Å². The average Bonchev–Trinajstić information content (AvgIpc) is 2.72. The fourth-order valence-electron chi connectivity index (χ4n) is 3.03. The molecule has 23 heavy (non-hydrogen) atoms. The zero-order valence-electron chi connectivity index (χ0n) is 15.0. The molecule has 0 aliphatic rings. The van der Waals surface area contributed by atoms with E-state index in [1.54, 1.807) is 4.68 Å². The number of hydrogen-bond donors (Lipinski definition) is 0. The summed E-state index contributed by atoms with van der Waals surface area (Å²) < 4.78 is 7.43. The Balaban J connectivity index is 2.25. The number of carbonyl (C=O) groups excluding carboxylic acids is 1. The van der Waals surface area contributed by atoms with Crippen LogP contribution in [0.3, 0.4) is 0 Å². The van der Waals surface area contributed by atoms with Gasteiger partial charge in [0.05, 0.1) is 5.39 Å². The zero-order valence-corrected chi connectivity index (χ0v) is 15.0. The van der Waals surface area contributed by atoms with Crippen molar-refractivity contribution in [1.29, 1.82) is 0 Å². The predicted molar refractivity (Wildman–Crippen MR) is 90.6 cm³/mol. The van der Waals surface area contributed by atoms with Crippen LogP contribution in [-0.4, -0.2) is 44.3 Å². The van der Waals surface area contributed by atoms with Crippen molar-refractivity contribution in [2.45, 2.75) is 53.6 Å². The van der Waals surface area contributed by atoms with Gasteiger partial charge < -0.3 is 9.64 Å². The quantitative estimate of drug-likeness (QED) is 0.850. The Morgan fingerprint density at radius 3 is 2.43 bits per heavy atom. The number of ether oxygens (including phenoxy) is 1. The maximum absolute atomic E-state index is 12.4. The Morgan fingerprint density at radius 2 is 1.87 bits per heavy atom. The Labute approximate surface area is 137 Å². The van der Waals surface area contributed by atoms with Crippen molar-refractivity contribution >= 4 is 16.9 Å². The van der Waals surface area contributed by atoms with Crippen molar-refractivity contribution in [3.05, 3.63) is 17.3 Å². The number of fused-ring (bicyclic) bond motifs is 1. The molecular formula is C17H26N4O2. The van der Waals surface area contributed by atoms with Crippen molar-refractivity contribution < 1.29 is 9.53 Å². The molecule has 0 radical (unpaired) electrons. The largest absolute Gasteiger partial charge is 0.466 e. The van der Waals surface area contributed by atoms with E-state index in [1.165, 1.54) is 0 Å². The van der Waals surface area contributed by atoms with Crippen LogP contribution < -0.4 is 4.74 Å². The number of hydrogen-bond acceptors (Lipinski definition) is 4. The summed E-state index contributed by atoms with van der Waals surface area (Å²) in [6, 6.07) is 2.27. The summed E-state index contributed by atoms with van der Waals surface area (Å²) in [5, 5.41) is 5.24. The molecule has 2 rings (SSSR count). The van der Waals surface area contributed by atoms with Gasteiger partial charge in [-0.05, 0) is 53.2 Å². The lowest BCUT2D eigenvalue weighted by Gasteiger charge is -2.30. The highest BCUT2D eigenvalue weighted by molar-refractivity contribution is 5.85. The number of nitrogens with zero attached hydrogens (tertiary/aromatic N) is 4. The van der Waals surface area contributed by atoms with Crippen molar-refractivity contribution in [3.63, 3.8) is 0 Å². The number of carbonyl (C=O) groups is 1. The first-order chi connectivity index (χ1) is 10.7. The SMILES string of the molecule is Cc1cc(C)c2c(OCC(=O)N(C(C)C)C(C)C)nn(C)c2n1. The lowest BCUT2D eigenvalue weighted by molar-refractivity contribution is -0.137. The highest BCUT2D eigenvalue weighted by Gasteiger charge is 2.22. The molecule has 2 aromatic heterocycles. The Bertz CT molecular complexity index is 711. The van der Waals surface area contributed by atoms with Crippen LogP contribution >= 0.6 is 0 Å². The van der Waals surface area contributed by atoms with E-state index >= 15 is 0 Å². The molecule has 1 amide bonds. The predicted octanol–water partition coefficient (Wildman–Crippen LogP) is 2.61. The number of rotatable bonds is 5. The Morgan fingerprint density at radius 1 is 1.26 bits per heavy atom. The topological polar surface area (TPSA) is 60.2 Å². The number of pyridine rings is 1. The van der Waals surface area contributed by atoms with E-state index in [0.717, 1.165) is 22.3 Å². The first-order valence-corrected chi connectivity index (χ1v) is 7.97. The Kier molecular flexibility index (Phi) is 4.92. The van der Waals surface area contributed by atoms with Gasteiger partial charge in [0, 0.05) is 24.8 Å². The van der Waals surface area contributed by atoms with Crippen LogP contribution in [-0.2, 0) is 11.8 Å². The van der Waals surface area contributed by atoms with Crippen molar-refractivity contribution in [2.24, 2.45) is 7.05 Å². The molecule has 126 valence electrons. The zero-order chi connectivity index (χ0) is 17.3. The maximum atomic E-state index is 12.4. The smallest absolute Gasteiger partial charge is 0.261 e. The summed E-state index contributed by atoms with van der Waals surface area (Å²) in [6.07, 6.45) is 0. The molecule has 0 saturated heterocycles. The first kappa shape index (κ1) is 17.2. The van der Waals surface area contributed by atoms with Gasteiger partial charge >= 0.3 is 0 Å². The van der Waals surface area contributed by atoms with Crippen LogP contribution in [0.4, 0.5) is 0 Å². The van der Waals surface area contributed by atoms with Gasteiger partial charge in [0.15, 0.2) is 12.3 Å². The van der Waals surface area contributed by atoms with Crippen LogP contribution in [0, 0.1) is 13.8 Å². The molecule has 0 atom stereocenters. The molecule has 0 N–H and O–H groups in total. The van der Waals surface area contributed by atoms with E-state index in [9.17, 15) is 4.79 Å². The van der Waals surface area contributed by atoms with Crippen molar-refractivity contribution in [3.8, 4) is 5.88 Å². The second-order valence-corrected chi connectivity index (χ2v) is 6.49. The minimum absolute atomic E-state index is 0.0181. The molecule has 6 heteroatoms. The molecule has 2 heterocycles. The number of aryl methyl sites for hydroxylation is 3. The third-order valence-electron chi connectivity index (χ3n) is 3.82. The van der Waals surface area contributed by atoms with Gasteiger partial charge in [0.25, 0.3) is 5.91 Å². The first-order valence-electron chi connectivity index (χ1n) is 7.97. The molecule has 0 bridgehead atoms. The standard InChI is InChI=1S/C17H26N4O2/c1-10(2)21(11(3)4)14(22)9-23-17-15-12(5)8-13(6)18-16(15)20(7)19-17/h8,10-11H,9H2,1-7H3. The molecule has 2 aromatic rings. The summed E-state index contributed by atoms with van der Waals surface area (Å²) in [6.45, 7) is 12.0. The third kappa shape index (κ3) is 3.46. The fourth-order valence-corrected chi connectivity index (χ4v) is 3.03. The van der Waals surface area contributed by atoms with E-state index in [2.05, 4.69) is 10.1 Å². The molecule has 0 unspecified atom stereocenters. The van der Waals surface area contributed by atoms with Gasteiger partial charge in [-0.15, -0.1) is 5.10 Å². The molecule has 0 spiro atoms. The van der Waals surface area contributed by atoms with Crippen molar-refractivity contribution in [2.75, 3.05) is 6.61 Å². The van der Waals surface area contributed by atoms with Crippen LogP contribution in [0.2, 0.25) is 0 Å². The molecule has 6 nitrogen and oxygen atoms in total. The van der Waals surface area contributed by atoms with Gasteiger partial charge in [-0.2, -0.15) is 0 Å². The van der Waals surface area contributed by atoms with E-state index < -0.39 is 0 Å². The monoisotopic (exact) mass is 318 g/mol. The number of aromatic nitrogens is 3. The highest BCUT2D eigenvalue weighted by Crippen LogP contribution is 2.27. The van der Waals surface area contributed by atoms with E-state index in [-0.39, 0.29) is 24.6 Å². The van der Waals surface area contributed by atoms with Crippen LogP contribution in [0.5, 0.6) is 5.88 Å². The lowest BCUT2D eigenvalue weighted by Crippen LogP contribution is -2.44. The van der Waals surface area contributed by atoms with E-state index in [4.69, 9.17) is 4.74 Å². The van der Waals surface area contributed by atoms with Crippen LogP contribution in [0.1, 0.15) is 39.0 Å². The molecule has 0 saturated carbocycles. The Hall–Kier alpha value is -2.11. The minimum atomic E-state index is -0.0356. The highest BCUT2D eigenvalue weighted by atomic mass is 16.5. The molecule has 0 fully saturated rings. The van der Waals surface area contributed by atoms with Gasteiger partial charge in [0.2, 0.25) is 5.88 Å². The second-order valence-electron chi connectivity index (χ2n) is 6.49. The summed E-state index contributed by atoms with van der Waals surface area (Å²) in [5.41, 5.74) is 2.76.